The van der Waals surface area contributed by atoms with Gasteiger partial charge in [0.1, 0.15) is 28.7 Å². The number of carbonyl (C=O) groups is 2. The number of amides is 1. The molecule has 0 fully saturated rings. The Morgan fingerprint density at radius 3 is 1.81 bits per heavy atom. The zero-order valence-corrected chi connectivity index (χ0v) is 38.2. The molecule has 4 aliphatic heterocycles. The molecule has 0 aliphatic carbocycles. The number of aromatic amines is 1. The molecule has 1 atom stereocenters. The molecule has 3 aromatic carbocycles. The number of nitrogens with one attached hydrogen (secondary N) is 1. The predicted octanol–water partition coefficient (Wildman–Crippen LogP) is 9.40. The third kappa shape index (κ3) is 8.01. The standard InChI is InChI=1S/C54H53N4O5P/c1-9-40-36(6)53-58-48(40)31-46-35(5)43(27-29-50(60)62-8)52(56-46)44(32-64(37-20-14-11-15-21-37,38-22-16-12-17-23-38)39-24-18-13-19-25-39)51-42(26-28-49(59)61-7)34(4)45(55-51)30-47-33(3)41(10-2)54(57-47)63-53/h9-25,30-31,44,56H,1-2,26-29,32H2,3-8H3/q+2/b45-30-,48-31-. The van der Waals surface area contributed by atoms with Crippen LogP contribution < -0.4 is 15.9 Å². The van der Waals surface area contributed by atoms with Crippen molar-refractivity contribution >= 4 is 64.4 Å². The second kappa shape index (κ2) is 18.5. The van der Waals surface area contributed by atoms with Crippen LogP contribution in [0.3, 0.4) is 0 Å². The van der Waals surface area contributed by atoms with Crippen molar-refractivity contribution in [2.45, 2.75) is 59.3 Å². The number of benzene rings is 3. The first kappa shape index (κ1) is 43.8. The van der Waals surface area contributed by atoms with Gasteiger partial charge in [-0.1, -0.05) is 79.9 Å². The van der Waals surface area contributed by atoms with E-state index in [9.17, 15) is 9.59 Å². The van der Waals surface area contributed by atoms with Gasteiger partial charge in [0.05, 0.1) is 54.7 Å². The lowest BCUT2D eigenvalue weighted by molar-refractivity contribution is -0.314. The molecule has 0 spiro atoms. The van der Waals surface area contributed by atoms with Crippen molar-refractivity contribution in [3.8, 4) is 0 Å². The molecule has 4 aromatic rings. The third-order valence-electron chi connectivity index (χ3n) is 12.8. The van der Waals surface area contributed by atoms with E-state index in [4.69, 9.17) is 28.9 Å². The molecule has 64 heavy (non-hydrogen) atoms. The van der Waals surface area contributed by atoms with Gasteiger partial charge in [-0.05, 0) is 117 Å². The number of esters is 2. The zero-order chi connectivity index (χ0) is 45.1. The summed E-state index contributed by atoms with van der Waals surface area (Å²) in [5.74, 6) is -0.174. The van der Waals surface area contributed by atoms with Gasteiger partial charge in [0.15, 0.2) is 0 Å². The largest absolute Gasteiger partial charge is 0.469 e. The van der Waals surface area contributed by atoms with E-state index in [-0.39, 0.29) is 30.7 Å². The number of nitrogens with zero attached hydrogens (tertiary/aromatic N) is 3. The highest BCUT2D eigenvalue weighted by Crippen LogP contribution is 2.59. The van der Waals surface area contributed by atoms with Crippen LogP contribution in [0.4, 0.5) is 0 Å². The Labute approximate surface area is 375 Å². The number of rotatable bonds is 13. The van der Waals surface area contributed by atoms with E-state index in [1.54, 1.807) is 12.2 Å². The van der Waals surface area contributed by atoms with Crippen LogP contribution in [0.15, 0.2) is 182 Å². The molecule has 5 heterocycles. The van der Waals surface area contributed by atoms with Gasteiger partial charge >= 0.3 is 23.7 Å². The first-order valence-corrected chi connectivity index (χ1v) is 23.5. The van der Waals surface area contributed by atoms with E-state index >= 15 is 0 Å². The van der Waals surface area contributed by atoms with Crippen LogP contribution in [0.1, 0.15) is 68.5 Å². The number of H-pyrrole nitrogens is 1. The second-order valence-electron chi connectivity index (χ2n) is 16.2. The number of hydrogen-bond acceptors (Lipinski definition) is 7. The SMILES string of the molecule is C=CC1=C(C)C2=NC1=[O+]C1=N/C(=C\c3[nH]c(c(CCC(=O)OC)c3C)C(C[P+](c3ccccc3)(c3ccccc3)c3ccccc3)C3=N/C(=C\2)C(C)=C3CCC(=O)OC)C(C=C)=C1C. The number of aromatic nitrogens is 1. The summed E-state index contributed by atoms with van der Waals surface area (Å²) >= 11 is 0. The first-order valence-electron chi connectivity index (χ1n) is 21.6. The van der Waals surface area contributed by atoms with Crippen LogP contribution in [0, 0.1) is 6.92 Å². The summed E-state index contributed by atoms with van der Waals surface area (Å²) in [6.07, 6.45) is 9.39. The van der Waals surface area contributed by atoms with Crippen molar-refractivity contribution in [1.29, 1.82) is 0 Å². The Hall–Kier alpha value is -6.83. The summed E-state index contributed by atoms with van der Waals surface area (Å²) in [6.45, 7) is 16.4. The molecule has 8 rings (SSSR count). The van der Waals surface area contributed by atoms with Crippen molar-refractivity contribution < 1.29 is 23.5 Å². The van der Waals surface area contributed by atoms with Crippen molar-refractivity contribution in [2.75, 3.05) is 20.4 Å². The fraction of sp³-hybridized carbons (Fsp3) is 0.222. The van der Waals surface area contributed by atoms with Gasteiger partial charge in [0.2, 0.25) is 0 Å². The first-order chi connectivity index (χ1) is 31.0. The maximum Gasteiger partial charge on any atom is 0.463 e. The number of fused-ring (bicyclic) bond motifs is 5. The fourth-order valence-corrected chi connectivity index (χ4v) is 13.7. The van der Waals surface area contributed by atoms with Crippen molar-refractivity contribution in [3.63, 3.8) is 0 Å². The molecule has 4 aliphatic rings. The molecule has 0 saturated carbocycles. The lowest BCUT2D eigenvalue weighted by Gasteiger charge is -2.32. The molecule has 1 N–H and O–H groups in total. The Morgan fingerprint density at radius 1 is 0.703 bits per heavy atom. The molecular weight excluding hydrogens is 816 g/mol. The topological polar surface area (TPSA) is 117 Å². The molecule has 0 amide bonds. The Bertz CT molecular complexity index is 2770. The second-order valence-corrected chi connectivity index (χ2v) is 19.8. The molecule has 1 aromatic heterocycles. The highest BCUT2D eigenvalue weighted by atomic mass is 31.2. The molecule has 9 nitrogen and oxygen atoms in total. The summed E-state index contributed by atoms with van der Waals surface area (Å²) in [7, 11) is 0.285. The lowest BCUT2D eigenvalue weighted by atomic mass is 9.88. The summed E-state index contributed by atoms with van der Waals surface area (Å²) in [5, 5.41) is 3.66. The van der Waals surface area contributed by atoms with Crippen molar-refractivity contribution in [2.24, 2.45) is 15.0 Å². The predicted molar refractivity (Wildman–Crippen MR) is 262 cm³/mol. The molecule has 10 heteroatoms. The Kier molecular flexibility index (Phi) is 12.7. The minimum Gasteiger partial charge on any atom is -0.469 e. The molecule has 0 radical (unpaired) electrons. The van der Waals surface area contributed by atoms with E-state index in [0.29, 0.717) is 42.2 Å². The number of carbonyl (C=O) groups excluding carboxylic acids is 3. The normalized spacial score (nSPS) is 18.7. The van der Waals surface area contributed by atoms with Gasteiger partial charge in [-0.25, -0.2) is 0 Å². The molecule has 1 unspecified atom stereocenters. The molecule has 8 bridgehead atoms. The Balaban J connectivity index is 1.50. The van der Waals surface area contributed by atoms with Gasteiger partial charge < -0.3 is 14.5 Å². The third-order valence-corrected chi connectivity index (χ3v) is 17.2. The van der Waals surface area contributed by atoms with Gasteiger partial charge in [0.25, 0.3) is 0 Å². The quantitative estimate of drug-likeness (QED) is 0.0819. The summed E-state index contributed by atoms with van der Waals surface area (Å²) in [4.78, 5) is 45.7. The monoisotopic (exact) mass is 868 g/mol. The van der Waals surface area contributed by atoms with E-state index < -0.39 is 7.26 Å². The lowest BCUT2D eigenvalue weighted by Crippen LogP contribution is -2.37. The number of methoxy groups -OCH3 is 2. The van der Waals surface area contributed by atoms with Crippen LogP contribution in [-0.4, -0.2) is 60.5 Å². The maximum absolute atomic E-state index is 13.0. The van der Waals surface area contributed by atoms with Gasteiger partial charge in [-0.2, -0.15) is 14.4 Å². The highest BCUT2D eigenvalue weighted by Gasteiger charge is 2.50. The number of ether oxygens (including phenoxy) is 2. The van der Waals surface area contributed by atoms with Gasteiger partial charge in [0, 0.05) is 29.8 Å². The maximum atomic E-state index is 13.0. The number of hydrogen-bond donors (Lipinski definition) is 1. The van der Waals surface area contributed by atoms with Crippen molar-refractivity contribution in [1.82, 2.24) is 4.98 Å². The molecule has 322 valence electrons. The minimum atomic E-state index is -2.56. The molecule has 0 saturated heterocycles. The van der Waals surface area contributed by atoms with Crippen LogP contribution >= 0.6 is 7.26 Å². The van der Waals surface area contributed by atoms with Crippen molar-refractivity contribution in [3.05, 3.63) is 190 Å². The summed E-state index contributed by atoms with van der Waals surface area (Å²) in [5.41, 5.74) is 11.9. The van der Waals surface area contributed by atoms with Crippen LogP contribution in [0.2, 0.25) is 0 Å². The van der Waals surface area contributed by atoms with Gasteiger partial charge in [-0.3, -0.25) is 14.6 Å². The van der Waals surface area contributed by atoms with E-state index in [1.165, 1.54) is 30.1 Å². The van der Waals surface area contributed by atoms with E-state index in [2.05, 4.69) is 123 Å². The summed E-state index contributed by atoms with van der Waals surface area (Å²) < 4.78 is 17.0. The van der Waals surface area contributed by atoms with Crippen LogP contribution in [0.25, 0.3) is 6.08 Å². The summed E-state index contributed by atoms with van der Waals surface area (Å²) in [6, 6.07) is 32.4. The number of allylic oxidation sites excluding steroid dienone is 5. The molecular formula is C54H53N4O5P+2. The minimum absolute atomic E-state index is 0.164. The average Bonchev–Trinajstić information content (AvgIpc) is 4.01. The average molecular weight is 869 g/mol. The fourth-order valence-electron chi connectivity index (χ4n) is 9.27. The zero-order valence-electron chi connectivity index (χ0n) is 37.3. The van der Waals surface area contributed by atoms with Crippen LogP contribution in [-0.2, 0) is 29.9 Å². The highest BCUT2D eigenvalue weighted by molar-refractivity contribution is 7.95. The van der Waals surface area contributed by atoms with E-state index in [0.717, 1.165) is 67.4 Å². The smallest absolute Gasteiger partial charge is 0.463 e. The van der Waals surface area contributed by atoms with Gasteiger partial charge in [-0.15, -0.1) is 0 Å². The number of aliphatic imine (C=N–C) groups is 3. The van der Waals surface area contributed by atoms with E-state index in [1.807, 2.05) is 26.0 Å². The van der Waals surface area contributed by atoms with Crippen LogP contribution in [0.5, 0.6) is 0 Å². The Morgan fingerprint density at radius 2 is 1.27 bits per heavy atom.